The molecule has 2 aromatic rings. The smallest absolute Gasteiger partial charge is 0.507 e. The summed E-state index contributed by atoms with van der Waals surface area (Å²) in [4.78, 5) is 0. The maximum atomic E-state index is 13.6. The van der Waals surface area contributed by atoms with Gasteiger partial charge in [0, 0.05) is 18.6 Å². The van der Waals surface area contributed by atoms with Crippen molar-refractivity contribution in [1.29, 1.82) is 0 Å². The third-order valence-corrected chi connectivity index (χ3v) is 3.70. The largest absolute Gasteiger partial charge is 0.522 e. The summed E-state index contributed by atoms with van der Waals surface area (Å²) in [5, 5.41) is 11.3. The van der Waals surface area contributed by atoms with Crippen LogP contribution in [0.2, 0.25) is 0 Å². The standard InChI is InChI=1S/C14H15FO3.CHF3O3S/c1-3-11-12(15)5-4-9-6-10(18-8-17-2)7-13(16)14(9)11;2-1(3,4)8(5,6)7/h4-7,16H,3,8H2,1-2H3;(H,5,6,7). The minimum absolute atomic E-state index is 0.0231. The van der Waals surface area contributed by atoms with Crippen molar-refractivity contribution in [3.8, 4) is 11.5 Å². The van der Waals surface area contributed by atoms with Gasteiger partial charge in [0.25, 0.3) is 0 Å². The molecule has 0 heterocycles. The molecule has 2 aromatic carbocycles. The average molecular weight is 400 g/mol. The number of phenols is 1. The number of fused-ring (bicyclic) bond motifs is 1. The second-order valence-electron chi connectivity index (χ2n) is 4.89. The summed E-state index contributed by atoms with van der Waals surface area (Å²) < 4.78 is 81.3. The summed E-state index contributed by atoms with van der Waals surface area (Å²) in [5.74, 6) is 0.219. The van der Waals surface area contributed by atoms with Gasteiger partial charge in [0.1, 0.15) is 17.3 Å². The molecule has 0 aliphatic rings. The van der Waals surface area contributed by atoms with Gasteiger partial charge in [-0.25, -0.2) is 4.39 Å². The predicted molar refractivity (Wildman–Crippen MR) is 85.1 cm³/mol. The van der Waals surface area contributed by atoms with E-state index in [4.69, 9.17) is 22.4 Å². The minimum atomic E-state index is -5.84. The third kappa shape index (κ3) is 5.44. The molecule has 0 aromatic heterocycles. The zero-order chi connectivity index (χ0) is 20.1. The van der Waals surface area contributed by atoms with Crippen LogP contribution in [-0.4, -0.2) is 37.5 Å². The van der Waals surface area contributed by atoms with Crippen LogP contribution < -0.4 is 4.74 Å². The van der Waals surface area contributed by atoms with Crippen LogP contribution in [0.25, 0.3) is 10.8 Å². The Labute approximate surface area is 146 Å². The van der Waals surface area contributed by atoms with Crippen molar-refractivity contribution in [3.05, 3.63) is 35.6 Å². The summed E-state index contributed by atoms with van der Waals surface area (Å²) >= 11 is 0. The summed E-state index contributed by atoms with van der Waals surface area (Å²) in [6.45, 7) is 1.96. The van der Waals surface area contributed by atoms with Crippen molar-refractivity contribution < 1.29 is 45.1 Å². The first-order chi connectivity index (χ1) is 11.9. The van der Waals surface area contributed by atoms with E-state index < -0.39 is 15.6 Å². The molecule has 26 heavy (non-hydrogen) atoms. The molecule has 0 amide bonds. The Balaban J connectivity index is 0.000000359. The van der Waals surface area contributed by atoms with Gasteiger partial charge in [-0.2, -0.15) is 21.6 Å². The van der Waals surface area contributed by atoms with E-state index in [9.17, 15) is 22.7 Å². The molecule has 6 nitrogen and oxygen atoms in total. The number of phenolic OH excluding ortho intramolecular Hbond substituents is 1. The van der Waals surface area contributed by atoms with E-state index in [1.54, 1.807) is 12.1 Å². The lowest BCUT2D eigenvalue weighted by Gasteiger charge is -2.11. The number of hydrogen-bond acceptors (Lipinski definition) is 5. The van der Waals surface area contributed by atoms with Crippen molar-refractivity contribution >= 4 is 20.9 Å². The van der Waals surface area contributed by atoms with Crippen LogP contribution in [0, 0.1) is 5.82 Å². The van der Waals surface area contributed by atoms with Crippen LogP contribution in [0.4, 0.5) is 17.6 Å². The topological polar surface area (TPSA) is 93.1 Å². The molecular formula is C15H16F4O6S. The number of benzene rings is 2. The molecule has 0 radical (unpaired) electrons. The number of alkyl halides is 3. The lowest BCUT2D eigenvalue weighted by atomic mass is 10.0. The first-order valence-corrected chi connectivity index (χ1v) is 8.46. The Morgan fingerprint density at radius 2 is 1.77 bits per heavy atom. The van der Waals surface area contributed by atoms with Gasteiger partial charge in [-0.15, -0.1) is 0 Å². The van der Waals surface area contributed by atoms with E-state index in [2.05, 4.69) is 0 Å². The van der Waals surface area contributed by atoms with Crippen molar-refractivity contribution in [1.82, 2.24) is 0 Å². The molecular weight excluding hydrogens is 384 g/mol. The lowest BCUT2D eigenvalue weighted by molar-refractivity contribution is -0.0510. The highest BCUT2D eigenvalue weighted by atomic mass is 32.2. The van der Waals surface area contributed by atoms with E-state index in [0.717, 1.165) is 5.39 Å². The Morgan fingerprint density at radius 1 is 1.19 bits per heavy atom. The highest BCUT2D eigenvalue weighted by molar-refractivity contribution is 7.86. The first kappa shape index (κ1) is 21.9. The monoisotopic (exact) mass is 400 g/mol. The summed E-state index contributed by atoms with van der Waals surface area (Å²) in [6.07, 6.45) is 0.523. The van der Waals surface area contributed by atoms with E-state index in [1.807, 2.05) is 6.92 Å². The second kappa shape index (κ2) is 8.52. The zero-order valence-corrected chi connectivity index (χ0v) is 14.5. The molecule has 0 spiro atoms. The fourth-order valence-electron chi connectivity index (χ4n) is 2.02. The molecule has 0 aliphatic heterocycles. The number of methoxy groups -OCH3 is 1. The van der Waals surface area contributed by atoms with Gasteiger partial charge in [0.05, 0.1) is 0 Å². The quantitative estimate of drug-likeness (QED) is 0.352. The van der Waals surface area contributed by atoms with Crippen LogP contribution in [0.5, 0.6) is 11.5 Å². The van der Waals surface area contributed by atoms with Gasteiger partial charge in [-0.3, -0.25) is 4.55 Å². The average Bonchev–Trinajstić information content (AvgIpc) is 2.52. The summed E-state index contributed by atoms with van der Waals surface area (Å²) in [5.41, 5.74) is -5.02. The number of aromatic hydroxyl groups is 1. The molecule has 0 unspecified atom stereocenters. The molecule has 2 N–H and O–H groups in total. The molecule has 0 bridgehead atoms. The van der Waals surface area contributed by atoms with Crippen molar-refractivity contribution in [2.75, 3.05) is 13.9 Å². The molecule has 0 saturated heterocycles. The highest BCUT2D eigenvalue weighted by Crippen LogP contribution is 2.34. The fraction of sp³-hybridized carbons (Fsp3) is 0.333. The van der Waals surface area contributed by atoms with Crippen LogP contribution in [0.1, 0.15) is 12.5 Å². The number of ether oxygens (including phenoxy) is 2. The van der Waals surface area contributed by atoms with E-state index in [1.165, 1.54) is 19.2 Å². The lowest BCUT2D eigenvalue weighted by Crippen LogP contribution is -2.21. The molecule has 2 rings (SSSR count). The van der Waals surface area contributed by atoms with E-state index in [-0.39, 0.29) is 18.4 Å². The second-order valence-corrected chi connectivity index (χ2v) is 6.30. The van der Waals surface area contributed by atoms with Crippen LogP contribution in [0.15, 0.2) is 24.3 Å². The molecule has 0 atom stereocenters. The summed E-state index contributed by atoms with van der Waals surface area (Å²) in [7, 11) is -4.32. The number of aryl methyl sites for hydroxylation is 1. The predicted octanol–water partition coefficient (Wildman–Crippen LogP) is 3.62. The van der Waals surface area contributed by atoms with Gasteiger partial charge in [-0.05, 0) is 29.5 Å². The molecule has 0 fully saturated rings. The van der Waals surface area contributed by atoms with Crippen molar-refractivity contribution in [2.45, 2.75) is 18.9 Å². The van der Waals surface area contributed by atoms with Gasteiger partial charge in [0.15, 0.2) is 6.79 Å². The number of rotatable bonds is 4. The molecule has 0 saturated carbocycles. The maximum Gasteiger partial charge on any atom is 0.522 e. The maximum absolute atomic E-state index is 13.6. The third-order valence-electron chi connectivity index (χ3n) is 3.11. The Bertz CT molecular complexity index is 865. The Morgan fingerprint density at radius 3 is 2.23 bits per heavy atom. The van der Waals surface area contributed by atoms with Gasteiger partial charge in [-0.1, -0.05) is 13.0 Å². The van der Waals surface area contributed by atoms with Gasteiger partial charge in [0.2, 0.25) is 0 Å². The van der Waals surface area contributed by atoms with Crippen molar-refractivity contribution in [3.63, 3.8) is 0 Å². The number of halogens is 4. The van der Waals surface area contributed by atoms with Gasteiger partial charge < -0.3 is 14.6 Å². The highest BCUT2D eigenvalue weighted by Gasteiger charge is 2.44. The Kier molecular flexibility index (Phi) is 7.18. The van der Waals surface area contributed by atoms with Crippen LogP contribution in [-0.2, 0) is 21.3 Å². The molecule has 0 aliphatic carbocycles. The van der Waals surface area contributed by atoms with Crippen molar-refractivity contribution in [2.24, 2.45) is 0 Å². The van der Waals surface area contributed by atoms with Crippen LogP contribution in [0.3, 0.4) is 0 Å². The van der Waals surface area contributed by atoms with Crippen LogP contribution >= 0.6 is 0 Å². The number of hydrogen-bond donors (Lipinski definition) is 2. The van der Waals surface area contributed by atoms with E-state index in [0.29, 0.717) is 23.1 Å². The SMILES string of the molecule is CCc1c(F)ccc2cc(OCOC)cc(O)c12.O=S(=O)(O)C(F)(F)F. The van der Waals surface area contributed by atoms with E-state index >= 15 is 0 Å². The minimum Gasteiger partial charge on any atom is -0.507 e. The Hall–Kier alpha value is -2.11. The summed E-state index contributed by atoms with van der Waals surface area (Å²) in [6, 6.07) is 6.26. The molecule has 11 heteroatoms. The first-order valence-electron chi connectivity index (χ1n) is 7.02. The normalized spacial score (nSPS) is 11.8. The van der Waals surface area contributed by atoms with Gasteiger partial charge >= 0.3 is 15.6 Å². The zero-order valence-electron chi connectivity index (χ0n) is 13.7. The molecule has 146 valence electrons. The fourth-order valence-corrected chi connectivity index (χ4v) is 2.02.